The summed E-state index contributed by atoms with van der Waals surface area (Å²) in [7, 11) is 0. The third kappa shape index (κ3) is 5.01. The Morgan fingerprint density at radius 3 is 2.11 bits per heavy atom. The topological polar surface area (TPSA) is 80.6 Å². The number of nitrogens with one attached hydrogen (secondary N) is 2. The summed E-state index contributed by atoms with van der Waals surface area (Å²) in [4.78, 5) is 24.6. The van der Waals surface area contributed by atoms with Crippen LogP contribution >= 0.6 is 0 Å². The van der Waals surface area contributed by atoms with Gasteiger partial charge in [-0.15, -0.1) is 0 Å². The number of furan rings is 1. The van der Waals surface area contributed by atoms with E-state index in [1.807, 2.05) is 67.6 Å². The van der Waals surface area contributed by atoms with Crippen LogP contribution in [-0.2, 0) is 4.79 Å². The van der Waals surface area contributed by atoms with Gasteiger partial charge in [-0.05, 0) is 24.1 Å². The zero-order chi connectivity index (χ0) is 19.8. The first-order valence-corrected chi connectivity index (χ1v) is 9.07. The third-order valence-electron chi connectivity index (χ3n) is 4.07. The van der Waals surface area contributed by atoms with Gasteiger partial charge in [-0.3, -0.25) is 9.59 Å². The SMILES string of the molecule is CCOc1ccc(C(=O)NCC(=O)NC(c2ccccc2)c2ccccc2)o1. The number of benzene rings is 2. The van der Waals surface area contributed by atoms with Crippen molar-refractivity contribution < 1.29 is 18.7 Å². The average molecular weight is 378 g/mol. The summed E-state index contributed by atoms with van der Waals surface area (Å²) < 4.78 is 10.5. The van der Waals surface area contributed by atoms with E-state index in [1.54, 1.807) is 6.07 Å². The molecule has 28 heavy (non-hydrogen) atoms. The minimum Gasteiger partial charge on any atom is -0.465 e. The maximum atomic E-state index is 12.5. The van der Waals surface area contributed by atoms with Gasteiger partial charge in [0.2, 0.25) is 5.91 Å². The second-order valence-corrected chi connectivity index (χ2v) is 6.06. The van der Waals surface area contributed by atoms with Crippen LogP contribution in [0.3, 0.4) is 0 Å². The minimum absolute atomic E-state index is 0.0962. The summed E-state index contributed by atoms with van der Waals surface area (Å²) in [6, 6.07) is 22.1. The number of carbonyl (C=O) groups is 2. The van der Waals surface area contributed by atoms with Gasteiger partial charge in [0.05, 0.1) is 19.2 Å². The van der Waals surface area contributed by atoms with Crippen molar-refractivity contribution in [3.63, 3.8) is 0 Å². The van der Waals surface area contributed by atoms with Crippen LogP contribution in [0.2, 0.25) is 0 Å². The molecular weight excluding hydrogens is 356 g/mol. The molecule has 0 saturated heterocycles. The Bertz CT molecular complexity index is 867. The number of ether oxygens (including phenoxy) is 1. The van der Waals surface area contributed by atoms with Crippen molar-refractivity contribution in [3.05, 3.63) is 89.7 Å². The number of hydrogen-bond acceptors (Lipinski definition) is 4. The maximum absolute atomic E-state index is 12.5. The quantitative estimate of drug-likeness (QED) is 0.630. The Labute approximate surface area is 163 Å². The van der Waals surface area contributed by atoms with Gasteiger partial charge in [-0.25, -0.2) is 0 Å². The Morgan fingerprint density at radius 1 is 0.929 bits per heavy atom. The van der Waals surface area contributed by atoms with Crippen molar-refractivity contribution in [2.24, 2.45) is 0 Å². The summed E-state index contributed by atoms with van der Waals surface area (Å²) in [6.45, 7) is 2.10. The van der Waals surface area contributed by atoms with E-state index < -0.39 is 5.91 Å². The molecule has 6 heteroatoms. The van der Waals surface area contributed by atoms with Gasteiger partial charge in [0.15, 0.2) is 5.76 Å². The lowest BCUT2D eigenvalue weighted by molar-refractivity contribution is -0.120. The molecule has 3 rings (SSSR count). The molecule has 0 atom stereocenters. The molecule has 144 valence electrons. The summed E-state index contributed by atoms with van der Waals surface area (Å²) in [5.74, 6) is -0.413. The minimum atomic E-state index is -0.475. The molecule has 2 N–H and O–H groups in total. The van der Waals surface area contributed by atoms with E-state index in [1.165, 1.54) is 6.07 Å². The molecule has 0 saturated carbocycles. The monoisotopic (exact) mass is 378 g/mol. The highest BCUT2D eigenvalue weighted by molar-refractivity contribution is 5.94. The largest absolute Gasteiger partial charge is 0.465 e. The van der Waals surface area contributed by atoms with Crippen LogP contribution in [0, 0.1) is 0 Å². The fraction of sp³-hybridized carbons (Fsp3) is 0.182. The van der Waals surface area contributed by atoms with Crippen LogP contribution in [0.25, 0.3) is 0 Å². The third-order valence-corrected chi connectivity index (χ3v) is 4.07. The fourth-order valence-corrected chi connectivity index (χ4v) is 2.77. The Balaban J connectivity index is 1.63. The molecule has 1 heterocycles. The lowest BCUT2D eigenvalue weighted by atomic mass is 9.99. The molecule has 6 nitrogen and oxygen atoms in total. The molecule has 0 aliphatic rings. The van der Waals surface area contributed by atoms with Crippen LogP contribution < -0.4 is 15.4 Å². The highest BCUT2D eigenvalue weighted by atomic mass is 16.6. The normalized spacial score (nSPS) is 10.5. The number of amides is 2. The van der Waals surface area contributed by atoms with Gasteiger partial charge >= 0.3 is 0 Å². The summed E-state index contributed by atoms with van der Waals surface area (Å²) in [5.41, 5.74) is 1.92. The van der Waals surface area contributed by atoms with Gasteiger partial charge in [0, 0.05) is 6.07 Å². The first kappa shape index (κ1) is 19.2. The molecule has 0 aliphatic heterocycles. The summed E-state index contributed by atoms with van der Waals surface area (Å²) in [5, 5.41) is 5.54. The van der Waals surface area contributed by atoms with Crippen LogP contribution in [0.4, 0.5) is 0 Å². The Hall–Kier alpha value is -3.54. The summed E-state index contributed by atoms with van der Waals surface area (Å²) >= 11 is 0. The molecule has 0 unspecified atom stereocenters. The van der Waals surface area contributed by atoms with E-state index >= 15 is 0 Å². The predicted molar refractivity (Wildman–Crippen MR) is 105 cm³/mol. The molecule has 0 radical (unpaired) electrons. The van der Waals surface area contributed by atoms with E-state index in [9.17, 15) is 9.59 Å². The van der Waals surface area contributed by atoms with E-state index in [4.69, 9.17) is 9.15 Å². The van der Waals surface area contributed by atoms with Crippen molar-refractivity contribution in [1.82, 2.24) is 10.6 Å². The zero-order valence-corrected chi connectivity index (χ0v) is 15.6. The smallest absolute Gasteiger partial charge is 0.287 e. The van der Waals surface area contributed by atoms with Gasteiger partial charge in [0.25, 0.3) is 11.9 Å². The number of carbonyl (C=O) groups excluding carboxylic acids is 2. The number of hydrogen-bond donors (Lipinski definition) is 2. The van der Waals surface area contributed by atoms with Gasteiger partial charge < -0.3 is 19.8 Å². The van der Waals surface area contributed by atoms with E-state index in [0.717, 1.165) is 11.1 Å². The van der Waals surface area contributed by atoms with E-state index in [2.05, 4.69) is 10.6 Å². The standard InChI is InChI=1S/C22H22N2O4/c1-2-27-20-14-13-18(28-20)22(26)23-15-19(25)24-21(16-9-5-3-6-10-16)17-11-7-4-8-12-17/h3-14,21H,2,15H2,1H3,(H,23,26)(H,24,25). The highest BCUT2D eigenvalue weighted by Crippen LogP contribution is 2.21. The predicted octanol–water partition coefficient (Wildman–Crippen LogP) is 3.31. The molecule has 0 bridgehead atoms. The zero-order valence-electron chi connectivity index (χ0n) is 15.6. The summed E-state index contributed by atoms with van der Waals surface area (Å²) in [6.07, 6.45) is 0. The molecule has 2 amide bonds. The average Bonchev–Trinajstić information content (AvgIpc) is 3.20. The molecule has 1 aromatic heterocycles. The molecule has 2 aromatic carbocycles. The van der Waals surface area contributed by atoms with Crippen LogP contribution in [0.15, 0.2) is 77.2 Å². The fourth-order valence-electron chi connectivity index (χ4n) is 2.77. The van der Waals surface area contributed by atoms with Gasteiger partial charge in [0.1, 0.15) is 0 Å². The first-order valence-electron chi connectivity index (χ1n) is 9.07. The lowest BCUT2D eigenvalue weighted by Crippen LogP contribution is -2.38. The van der Waals surface area contributed by atoms with Crippen molar-refractivity contribution in [1.29, 1.82) is 0 Å². The van der Waals surface area contributed by atoms with Gasteiger partial charge in [-0.1, -0.05) is 60.7 Å². The first-order chi connectivity index (χ1) is 13.7. The number of rotatable bonds is 8. The van der Waals surface area contributed by atoms with Crippen LogP contribution in [0.5, 0.6) is 5.95 Å². The molecule has 0 spiro atoms. The van der Waals surface area contributed by atoms with Crippen molar-refractivity contribution >= 4 is 11.8 Å². The van der Waals surface area contributed by atoms with Crippen molar-refractivity contribution in [2.45, 2.75) is 13.0 Å². The van der Waals surface area contributed by atoms with Crippen LogP contribution in [-0.4, -0.2) is 25.0 Å². The molecule has 0 aliphatic carbocycles. The lowest BCUT2D eigenvalue weighted by Gasteiger charge is -2.20. The van der Waals surface area contributed by atoms with Crippen molar-refractivity contribution in [2.75, 3.05) is 13.2 Å². The Kier molecular flexibility index (Phi) is 6.46. The molecule has 0 fully saturated rings. The highest BCUT2D eigenvalue weighted by Gasteiger charge is 2.18. The van der Waals surface area contributed by atoms with Crippen LogP contribution in [0.1, 0.15) is 34.6 Å². The molecule has 3 aromatic rings. The second-order valence-electron chi connectivity index (χ2n) is 6.06. The maximum Gasteiger partial charge on any atom is 0.287 e. The second kappa shape index (κ2) is 9.41. The van der Waals surface area contributed by atoms with Gasteiger partial charge in [-0.2, -0.15) is 0 Å². The van der Waals surface area contributed by atoms with E-state index in [-0.39, 0.29) is 30.2 Å². The van der Waals surface area contributed by atoms with Crippen molar-refractivity contribution in [3.8, 4) is 5.95 Å². The molecular formula is C22H22N2O4. The Morgan fingerprint density at radius 2 is 1.54 bits per heavy atom. The van der Waals surface area contributed by atoms with E-state index in [0.29, 0.717) is 6.61 Å².